The van der Waals surface area contributed by atoms with Crippen LogP contribution in [0.5, 0.6) is 0 Å². The molecule has 4 rings (SSSR count). The number of hydrogen-bond donors (Lipinski definition) is 1. The van der Waals surface area contributed by atoms with E-state index < -0.39 is 0 Å². The van der Waals surface area contributed by atoms with E-state index in [4.69, 9.17) is 0 Å². The molecule has 0 atom stereocenters. The normalized spacial score (nSPS) is 11.5. The molecule has 0 spiro atoms. The number of rotatable bonds is 6. The highest BCUT2D eigenvalue weighted by molar-refractivity contribution is 6.10. The average Bonchev–Trinajstić information content (AvgIpc) is 3.11. The lowest BCUT2D eigenvalue weighted by atomic mass is 10.0. The van der Waals surface area contributed by atoms with E-state index in [2.05, 4.69) is 66.0 Å². The van der Waals surface area contributed by atoms with Gasteiger partial charge in [0.2, 0.25) is 0 Å². The maximum absolute atomic E-state index is 11.9. The lowest BCUT2D eigenvalue weighted by Crippen LogP contribution is -2.11. The number of allylic oxidation sites excluding steroid dienone is 4. The average molecular weight is 405 g/mol. The van der Waals surface area contributed by atoms with Gasteiger partial charge in [0.25, 0.3) is 5.91 Å². The van der Waals surface area contributed by atoms with Crippen LogP contribution in [0.3, 0.4) is 0 Å². The zero-order chi connectivity index (χ0) is 22.0. The minimum absolute atomic E-state index is 0.178. The number of aromatic nitrogens is 1. The molecule has 31 heavy (non-hydrogen) atoms. The molecule has 0 saturated heterocycles. The third-order valence-corrected chi connectivity index (χ3v) is 5.29. The predicted octanol–water partition coefficient (Wildman–Crippen LogP) is 7.05. The first-order valence-electron chi connectivity index (χ1n) is 10.1. The zero-order valence-corrected chi connectivity index (χ0v) is 17.6. The van der Waals surface area contributed by atoms with E-state index in [-0.39, 0.29) is 5.91 Å². The molecule has 0 bridgehead atoms. The molecule has 3 heteroatoms. The summed E-state index contributed by atoms with van der Waals surface area (Å²) in [7, 11) is 0. The fraction of sp³-hybridized carbons (Fsp3) is 0.0357. The van der Waals surface area contributed by atoms with E-state index in [1.807, 2.05) is 42.5 Å². The number of nitrogens with zero attached hydrogens (tertiary/aromatic N) is 1. The summed E-state index contributed by atoms with van der Waals surface area (Å²) in [6.45, 7) is 13.1. The number of fused-ring (bicyclic) bond motifs is 3. The van der Waals surface area contributed by atoms with Gasteiger partial charge in [-0.05, 0) is 60.5 Å². The largest absolute Gasteiger partial charge is 0.322 e. The molecule has 1 aromatic heterocycles. The molecule has 0 radical (unpaired) electrons. The molecular formula is C28H24N2O. The van der Waals surface area contributed by atoms with Gasteiger partial charge < -0.3 is 9.88 Å². The molecule has 0 aliphatic heterocycles. The van der Waals surface area contributed by atoms with Crippen molar-refractivity contribution in [3.63, 3.8) is 0 Å². The Morgan fingerprint density at radius 3 is 2.32 bits per heavy atom. The Hall–Kier alpha value is -4.11. The number of anilines is 1. The smallest absolute Gasteiger partial charge is 0.250 e. The molecule has 3 aromatic carbocycles. The Bertz CT molecular complexity index is 1370. The third kappa shape index (κ3) is 3.74. The first-order valence-corrected chi connectivity index (χ1v) is 10.1. The molecule has 4 aromatic rings. The standard InChI is InChI=1S/C28H24N2O/c1-5-9-20(6-2)21-12-17-27-25(18-21)24-10-7-8-11-26(24)30(27)23-15-13-22(14-16-23)29-28(31)19(3)4/h5-18H,1-3H2,4H3,(H,29,31)/b20-9+. The quantitative estimate of drug-likeness (QED) is 0.271. The summed E-state index contributed by atoms with van der Waals surface area (Å²) in [5.41, 5.74) is 6.62. The number of para-hydroxylation sites is 1. The number of carbonyl (C=O) groups is 1. The number of nitrogens with one attached hydrogen (secondary N) is 1. The van der Waals surface area contributed by atoms with Crippen LogP contribution in [0.1, 0.15) is 12.5 Å². The van der Waals surface area contributed by atoms with Crippen molar-refractivity contribution in [3.05, 3.63) is 116 Å². The first kappa shape index (κ1) is 20.2. The number of amides is 1. The van der Waals surface area contributed by atoms with Crippen LogP contribution in [0.25, 0.3) is 33.1 Å². The molecule has 152 valence electrons. The fourth-order valence-corrected chi connectivity index (χ4v) is 3.77. The van der Waals surface area contributed by atoms with Gasteiger partial charge in [-0.1, -0.05) is 62.2 Å². The zero-order valence-electron chi connectivity index (χ0n) is 17.6. The van der Waals surface area contributed by atoms with Crippen LogP contribution in [-0.2, 0) is 4.79 Å². The Balaban J connectivity index is 1.87. The van der Waals surface area contributed by atoms with Crippen LogP contribution in [0, 0.1) is 0 Å². The van der Waals surface area contributed by atoms with Crippen molar-refractivity contribution in [1.29, 1.82) is 0 Å². The SMILES string of the molecule is C=C/C=C(\C=C)c1ccc2c(c1)c1ccccc1n2-c1ccc(NC(=O)C(=C)C)cc1. The minimum Gasteiger partial charge on any atom is -0.322 e. The lowest BCUT2D eigenvalue weighted by Gasteiger charge is -2.10. The highest BCUT2D eigenvalue weighted by atomic mass is 16.1. The molecule has 1 N–H and O–H groups in total. The predicted molar refractivity (Wildman–Crippen MR) is 133 cm³/mol. The summed E-state index contributed by atoms with van der Waals surface area (Å²) < 4.78 is 2.24. The van der Waals surface area contributed by atoms with Gasteiger partial charge in [0.1, 0.15) is 0 Å². The van der Waals surface area contributed by atoms with Crippen molar-refractivity contribution in [1.82, 2.24) is 4.57 Å². The molecule has 0 fully saturated rings. The summed E-state index contributed by atoms with van der Waals surface area (Å²) in [6.07, 6.45) is 5.59. The van der Waals surface area contributed by atoms with E-state index in [0.717, 1.165) is 33.5 Å². The second kappa shape index (κ2) is 8.33. The van der Waals surface area contributed by atoms with E-state index >= 15 is 0 Å². The summed E-state index contributed by atoms with van der Waals surface area (Å²) in [5.74, 6) is -0.178. The number of hydrogen-bond acceptors (Lipinski definition) is 1. The van der Waals surface area contributed by atoms with Crippen molar-refractivity contribution in [2.75, 3.05) is 5.32 Å². The molecule has 0 saturated carbocycles. The summed E-state index contributed by atoms with van der Waals surface area (Å²) in [6, 6.07) is 22.7. The number of benzene rings is 3. The van der Waals surface area contributed by atoms with Crippen molar-refractivity contribution < 1.29 is 4.79 Å². The van der Waals surface area contributed by atoms with Gasteiger partial charge in [-0.15, -0.1) is 0 Å². The second-order valence-corrected chi connectivity index (χ2v) is 7.43. The first-order chi connectivity index (χ1) is 15.0. The van der Waals surface area contributed by atoms with E-state index in [9.17, 15) is 4.79 Å². The van der Waals surface area contributed by atoms with Crippen molar-refractivity contribution in [2.24, 2.45) is 0 Å². The Kier molecular flexibility index (Phi) is 5.42. The van der Waals surface area contributed by atoms with Gasteiger partial charge in [0.15, 0.2) is 0 Å². The Labute approximate surface area is 182 Å². The van der Waals surface area contributed by atoms with Gasteiger partial charge in [-0.3, -0.25) is 4.79 Å². The van der Waals surface area contributed by atoms with Crippen LogP contribution in [-0.4, -0.2) is 10.5 Å². The van der Waals surface area contributed by atoms with Crippen LogP contribution in [0.2, 0.25) is 0 Å². The molecule has 1 amide bonds. The van der Waals surface area contributed by atoms with Crippen molar-refractivity contribution in [2.45, 2.75) is 6.92 Å². The third-order valence-electron chi connectivity index (χ3n) is 5.29. The van der Waals surface area contributed by atoms with Gasteiger partial charge >= 0.3 is 0 Å². The van der Waals surface area contributed by atoms with Gasteiger partial charge in [0.05, 0.1) is 11.0 Å². The highest BCUT2D eigenvalue weighted by Crippen LogP contribution is 2.34. The van der Waals surface area contributed by atoms with Gasteiger partial charge in [-0.25, -0.2) is 0 Å². The minimum atomic E-state index is -0.178. The van der Waals surface area contributed by atoms with Gasteiger partial charge in [0, 0.05) is 27.7 Å². The highest BCUT2D eigenvalue weighted by Gasteiger charge is 2.13. The summed E-state index contributed by atoms with van der Waals surface area (Å²) in [5, 5.41) is 5.21. The monoisotopic (exact) mass is 404 g/mol. The van der Waals surface area contributed by atoms with Crippen molar-refractivity contribution >= 4 is 39.0 Å². The van der Waals surface area contributed by atoms with Gasteiger partial charge in [-0.2, -0.15) is 0 Å². The number of carbonyl (C=O) groups excluding carboxylic acids is 1. The van der Waals surface area contributed by atoms with Crippen LogP contribution >= 0.6 is 0 Å². The molecule has 1 heterocycles. The maximum atomic E-state index is 11.9. The Morgan fingerprint density at radius 1 is 0.935 bits per heavy atom. The van der Waals surface area contributed by atoms with E-state index in [1.54, 1.807) is 13.0 Å². The van der Waals surface area contributed by atoms with Crippen LogP contribution in [0.15, 0.2) is 110 Å². The van der Waals surface area contributed by atoms with E-state index in [1.165, 1.54) is 10.8 Å². The second-order valence-electron chi connectivity index (χ2n) is 7.43. The maximum Gasteiger partial charge on any atom is 0.250 e. The molecule has 0 aliphatic rings. The molecule has 3 nitrogen and oxygen atoms in total. The lowest BCUT2D eigenvalue weighted by molar-refractivity contribution is -0.112. The van der Waals surface area contributed by atoms with E-state index in [0.29, 0.717) is 5.57 Å². The van der Waals surface area contributed by atoms with Crippen LogP contribution in [0.4, 0.5) is 5.69 Å². The van der Waals surface area contributed by atoms with Crippen molar-refractivity contribution in [3.8, 4) is 5.69 Å². The fourth-order valence-electron chi connectivity index (χ4n) is 3.77. The summed E-state index contributed by atoms with van der Waals surface area (Å²) >= 11 is 0. The summed E-state index contributed by atoms with van der Waals surface area (Å²) in [4.78, 5) is 11.9. The molecular weight excluding hydrogens is 380 g/mol. The molecule has 0 aliphatic carbocycles. The van der Waals surface area contributed by atoms with Crippen LogP contribution < -0.4 is 5.32 Å². The topological polar surface area (TPSA) is 34.0 Å². The molecule has 0 unspecified atom stereocenters. The Morgan fingerprint density at radius 2 is 1.65 bits per heavy atom.